The first kappa shape index (κ1) is 22.3. The van der Waals surface area contributed by atoms with Gasteiger partial charge in [-0.25, -0.2) is 0 Å². The summed E-state index contributed by atoms with van der Waals surface area (Å²) in [5.74, 6) is -6.96. The Morgan fingerprint density at radius 3 is 1.32 bits per heavy atom. The van der Waals surface area contributed by atoms with Gasteiger partial charge in [-0.15, -0.1) is 0 Å². The molecule has 5 N–H and O–H groups in total. The minimum absolute atomic E-state index is 0.474. The van der Waals surface area contributed by atoms with Gasteiger partial charge in [-0.2, -0.15) is 0 Å². The van der Waals surface area contributed by atoms with E-state index < -0.39 is 74.5 Å². The minimum Gasteiger partial charge on any atom is -0.481 e. The van der Waals surface area contributed by atoms with Crippen LogP contribution in [-0.2, 0) is 24.0 Å². The predicted octanol–water partition coefficient (Wildman–Crippen LogP) is -1.84. The van der Waals surface area contributed by atoms with Crippen LogP contribution in [0.25, 0.3) is 0 Å². The number of carboxylic acids is 5. The molecule has 0 fully saturated rings. The summed E-state index contributed by atoms with van der Waals surface area (Å²) in [6.07, 6.45) is -0.719. The molecule has 0 amide bonds. The summed E-state index contributed by atoms with van der Waals surface area (Å²) in [4.78, 5) is 56.6. The SMILES string of the molecule is CC(CC(=O)O)(CN(CC(=O)O)CC(=O)O)N(CC(=O)O)CC(=O)O. The minimum atomic E-state index is -1.63. The average Bonchev–Trinajstić information content (AvgIpc) is 2.33. The molecule has 0 aliphatic carbocycles. The van der Waals surface area contributed by atoms with Gasteiger partial charge < -0.3 is 25.5 Å². The summed E-state index contributed by atoms with van der Waals surface area (Å²) in [5.41, 5.74) is -1.63. The van der Waals surface area contributed by atoms with Crippen molar-refractivity contribution in [3.05, 3.63) is 0 Å². The van der Waals surface area contributed by atoms with E-state index in [-0.39, 0.29) is 0 Å². The van der Waals surface area contributed by atoms with E-state index in [0.29, 0.717) is 0 Å². The first-order valence-corrected chi connectivity index (χ1v) is 6.92. The molecule has 1 atom stereocenters. The highest BCUT2D eigenvalue weighted by Crippen LogP contribution is 2.21. The fraction of sp³-hybridized carbons (Fsp3) is 0.615. The quantitative estimate of drug-likeness (QED) is 0.245. The summed E-state index contributed by atoms with van der Waals surface area (Å²) in [5, 5.41) is 44.6. The molecule has 0 saturated carbocycles. The Hall–Kier alpha value is -2.73. The number of nitrogens with zero attached hydrogens (tertiary/aromatic N) is 2. The van der Waals surface area contributed by atoms with Gasteiger partial charge in [0.15, 0.2) is 0 Å². The third-order valence-corrected chi connectivity index (χ3v) is 3.23. The lowest BCUT2D eigenvalue weighted by molar-refractivity contribution is -0.152. The Morgan fingerprint density at radius 2 is 1.04 bits per heavy atom. The van der Waals surface area contributed by atoms with Gasteiger partial charge in [0.2, 0.25) is 0 Å². The molecule has 12 nitrogen and oxygen atoms in total. The lowest BCUT2D eigenvalue weighted by Gasteiger charge is -2.41. The second-order valence-corrected chi connectivity index (χ2v) is 5.64. The van der Waals surface area contributed by atoms with Gasteiger partial charge in [-0.3, -0.25) is 33.8 Å². The van der Waals surface area contributed by atoms with Crippen LogP contribution in [0.1, 0.15) is 13.3 Å². The molecule has 1 unspecified atom stereocenters. The summed E-state index contributed by atoms with van der Waals surface area (Å²) >= 11 is 0. The van der Waals surface area contributed by atoms with E-state index in [2.05, 4.69) is 0 Å². The van der Waals surface area contributed by atoms with Crippen molar-refractivity contribution in [1.82, 2.24) is 9.80 Å². The van der Waals surface area contributed by atoms with Crippen molar-refractivity contribution in [2.75, 3.05) is 32.7 Å². The van der Waals surface area contributed by atoms with Crippen LogP contribution >= 0.6 is 0 Å². The van der Waals surface area contributed by atoms with Crippen LogP contribution in [0.4, 0.5) is 0 Å². The normalized spacial score (nSPS) is 13.4. The van der Waals surface area contributed by atoms with E-state index in [4.69, 9.17) is 25.5 Å². The molecule has 0 aromatic rings. The van der Waals surface area contributed by atoms with Crippen LogP contribution in [0.2, 0.25) is 0 Å². The van der Waals surface area contributed by atoms with Crippen molar-refractivity contribution in [2.45, 2.75) is 18.9 Å². The number of hydrogen-bond acceptors (Lipinski definition) is 7. The van der Waals surface area contributed by atoms with Crippen molar-refractivity contribution >= 4 is 29.8 Å². The van der Waals surface area contributed by atoms with Crippen molar-refractivity contribution in [2.24, 2.45) is 0 Å². The van der Waals surface area contributed by atoms with Gasteiger partial charge in [-0.1, -0.05) is 0 Å². The van der Waals surface area contributed by atoms with Gasteiger partial charge in [0.25, 0.3) is 0 Å². The molecule has 0 aromatic heterocycles. The van der Waals surface area contributed by atoms with Crippen LogP contribution < -0.4 is 0 Å². The maximum Gasteiger partial charge on any atom is 0.317 e. The fourth-order valence-electron chi connectivity index (χ4n) is 2.39. The molecule has 0 spiro atoms. The standard InChI is InChI=1S/C13H20N2O10/c1-13(2-8(16)17,15(5-11(22)23)6-12(24)25)7-14(3-9(18)19)4-10(20)21/h2-7H2,1H3,(H,16,17)(H,18,19)(H,20,21)(H,22,23)(H,24,25). The molecule has 142 valence electrons. The van der Waals surface area contributed by atoms with Crippen molar-refractivity contribution in [3.63, 3.8) is 0 Å². The summed E-state index contributed by atoms with van der Waals surface area (Å²) in [6.45, 7) is -2.35. The molecule has 0 aromatic carbocycles. The molecule has 0 aliphatic heterocycles. The molecular weight excluding hydrogens is 344 g/mol. The molecule has 12 heteroatoms. The highest BCUT2D eigenvalue weighted by Gasteiger charge is 2.39. The number of carbonyl (C=O) groups is 5. The van der Waals surface area contributed by atoms with Crippen LogP contribution in [0.3, 0.4) is 0 Å². The lowest BCUT2D eigenvalue weighted by Crippen LogP contribution is -2.58. The third-order valence-electron chi connectivity index (χ3n) is 3.23. The Kier molecular flexibility index (Phi) is 8.50. The van der Waals surface area contributed by atoms with Gasteiger partial charge in [0.05, 0.1) is 32.6 Å². The third kappa shape index (κ3) is 9.22. The van der Waals surface area contributed by atoms with Gasteiger partial charge in [0, 0.05) is 12.1 Å². The van der Waals surface area contributed by atoms with E-state index >= 15 is 0 Å². The number of aliphatic carboxylic acids is 5. The Balaban J connectivity index is 5.71. The fourth-order valence-corrected chi connectivity index (χ4v) is 2.39. The maximum absolute atomic E-state index is 11.1. The van der Waals surface area contributed by atoms with Crippen LogP contribution in [0.5, 0.6) is 0 Å². The van der Waals surface area contributed by atoms with Crippen LogP contribution in [-0.4, -0.2) is 103 Å². The van der Waals surface area contributed by atoms with E-state index in [0.717, 1.165) is 9.80 Å². The summed E-state index contributed by atoms with van der Waals surface area (Å²) in [7, 11) is 0. The zero-order valence-corrected chi connectivity index (χ0v) is 13.4. The van der Waals surface area contributed by atoms with E-state index in [1.165, 1.54) is 6.92 Å². The molecule has 0 heterocycles. The molecule has 25 heavy (non-hydrogen) atoms. The first-order valence-electron chi connectivity index (χ1n) is 6.92. The summed E-state index contributed by atoms with van der Waals surface area (Å²) < 4.78 is 0. The first-order chi connectivity index (χ1) is 11.4. The highest BCUT2D eigenvalue weighted by atomic mass is 16.4. The van der Waals surface area contributed by atoms with E-state index in [9.17, 15) is 24.0 Å². The maximum atomic E-state index is 11.1. The van der Waals surface area contributed by atoms with Crippen LogP contribution in [0, 0.1) is 0 Å². The van der Waals surface area contributed by atoms with E-state index in [1.54, 1.807) is 0 Å². The van der Waals surface area contributed by atoms with Gasteiger partial charge in [-0.05, 0) is 6.92 Å². The smallest absolute Gasteiger partial charge is 0.317 e. The topological polar surface area (TPSA) is 193 Å². The van der Waals surface area contributed by atoms with Gasteiger partial charge >= 0.3 is 29.8 Å². The molecule has 0 saturated heterocycles. The Morgan fingerprint density at radius 1 is 0.680 bits per heavy atom. The highest BCUT2D eigenvalue weighted by molar-refractivity contribution is 5.74. The van der Waals surface area contributed by atoms with E-state index in [1.807, 2.05) is 0 Å². The average molecular weight is 364 g/mol. The largest absolute Gasteiger partial charge is 0.481 e. The number of rotatable bonds is 13. The Labute approximate surface area is 141 Å². The zero-order chi connectivity index (χ0) is 19.8. The monoisotopic (exact) mass is 364 g/mol. The molecule has 0 bridgehead atoms. The summed E-state index contributed by atoms with van der Waals surface area (Å²) in [6, 6.07) is 0. The molecule has 0 radical (unpaired) electrons. The zero-order valence-electron chi connectivity index (χ0n) is 13.4. The van der Waals surface area contributed by atoms with Crippen molar-refractivity contribution in [3.8, 4) is 0 Å². The molecule has 0 rings (SSSR count). The lowest BCUT2D eigenvalue weighted by atomic mass is 9.93. The predicted molar refractivity (Wildman–Crippen MR) is 79.2 cm³/mol. The second-order valence-electron chi connectivity index (χ2n) is 5.64. The number of carboxylic acid groups (broad SMARTS) is 5. The van der Waals surface area contributed by atoms with Crippen molar-refractivity contribution < 1.29 is 49.5 Å². The van der Waals surface area contributed by atoms with Crippen molar-refractivity contribution in [1.29, 1.82) is 0 Å². The Bertz CT molecular complexity index is 517. The molecule has 0 aliphatic rings. The second kappa shape index (κ2) is 9.54. The molecular formula is C13H20N2O10. The van der Waals surface area contributed by atoms with Gasteiger partial charge in [0.1, 0.15) is 0 Å². The van der Waals surface area contributed by atoms with Crippen LogP contribution in [0.15, 0.2) is 0 Å². The number of hydrogen-bond donors (Lipinski definition) is 5.